The van der Waals surface area contributed by atoms with Crippen LogP contribution in [-0.4, -0.2) is 53.9 Å². The van der Waals surface area contributed by atoms with Crippen LogP contribution in [0.25, 0.3) is 0 Å². The van der Waals surface area contributed by atoms with E-state index in [0.717, 1.165) is 6.42 Å². The third-order valence-electron chi connectivity index (χ3n) is 3.05. The molecule has 1 N–H and O–H groups in total. The normalized spacial score (nSPS) is 10.2. The van der Waals surface area contributed by atoms with Gasteiger partial charge in [0, 0.05) is 26.2 Å². The van der Waals surface area contributed by atoms with E-state index in [1.54, 1.807) is 33.2 Å². The van der Waals surface area contributed by atoms with Gasteiger partial charge in [0.25, 0.3) is 5.91 Å². The summed E-state index contributed by atoms with van der Waals surface area (Å²) < 4.78 is 0. The van der Waals surface area contributed by atoms with Gasteiger partial charge in [-0.25, -0.2) is 0 Å². The molecular formula is C15H22N2O3. The fraction of sp³-hybridized carbons (Fsp3) is 0.467. The van der Waals surface area contributed by atoms with Crippen molar-refractivity contribution in [2.45, 2.75) is 20.3 Å². The van der Waals surface area contributed by atoms with Crippen LogP contribution in [0.5, 0.6) is 5.75 Å². The molecule has 0 heterocycles. The molecule has 2 amide bonds. The minimum atomic E-state index is -0.190. The number of likely N-dealkylation sites (N-methyl/N-ethyl adjacent to an activating group) is 1. The predicted octanol–water partition coefficient (Wildman–Crippen LogP) is 1.64. The van der Waals surface area contributed by atoms with Gasteiger partial charge >= 0.3 is 0 Å². The van der Waals surface area contributed by atoms with E-state index in [2.05, 4.69) is 0 Å². The first-order chi connectivity index (χ1) is 9.36. The van der Waals surface area contributed by atoms with Crippen LogP contribution in [0.2, 0.25) is 0 Å². The minimum absolute atomic E-state index is 0.0690. The number of nitrogens with zero attached hydrogens (tertiary/aromatic N) is 2. The van der Waals surface area contributed by atoms with Crippen LogP contribution < -0.4 is 0 Å². The van der Waals surface area contributed by atoms with Crippen LogP contribution in [0.1, 0.15) is 29.3 Å². The fourth-order valence-electron chi connectivity index (χ4n) is 1.80. The summed E-state index contributed by atoms with van der Waals surface area (Å²) in [6.07, 6.45) is 0.781. The molecular weight excluding hydrogens is 256 g/mol. The average molecular weight is 278 g/mol. The highest BCUT2D eigenvalue weighted by molar-refractivity contribution is 5.96. The number of carbonyl (C=O) groups excluding carboxylic acids is 2. The average Bonchev–Trinajstić information content (AvgIpc) is 2.40. The zero-order valence-corrected chi connectivity index (χ0v) is 12.5. The summed E-state index contributed by atoms with van der Waals surface area (Å²) in [5.41, 5.74) is 1.13. The lowest BCUT2D eigenvalue weighted by molar-refractivity contribution is -0.129. The molecule has 0 saturated heterocycles. The highest BCUT2D eigenvalue weighted by Crippen LogP contribution is 2.18. The molecule has 0 aliphatic rings. The first kappa shape index (κ1) is 16.0. The van der Waals surface area contributed by atoms with Gasteiger partial charge in [0.1, 0.15) is 12.3 Å². The van der Waals surface area contributed by atoms with E-state index in [1.807, 2.05) is 6.92 Å². The van der Waals surface area contributed by atoms with Gasteiger partial charge in [-0.1, -0.05) is 6.92 Å². The quantitative estimate of drug-likeness (QED) is 0.890. The molecule has 0 unspecified atom stereocenters. The molecule has 5 heteroatoms. The third kappa shape index (κ3) is 3.98. The van der Waals surface area contributed by atoms with Crippen molar-refractivity contribution in [1.29, 1.82) is 0 Å². The molecule has 5 nitrogen and oxygen atoms in total. The number of hydrogen-bond donors (Lipinski definition) is 1. The molecule has 20 heavy (non-hydrogen) atoms. The van der Waals surface area contributed by atoms with Crippen molar-refractivity contribution in [3.8, 4) is 5.75 Å². The Balaban J connectivity index is 2.92. The Bertz CT molecular complexity index is 498. The van der Waals surface area contributed by atoms with E-state index in [-0.39, 0.29) is 24.1 Å². The second-order valence-electron chi connectivity index (χ2n) is 5.02. The maximum Gasteiger partial charge on any atom is 0.254 e. The Hall–Kier alpha value is -2.04. The van der Waals surface area contributed by atoms with E-state index >= 15 is 0 Å². The number of phenols is 1. The molecule has 0 aliphatic carbocycles. The zero-order valence-electron chi connectivity index (χ0n) is 12.5. The van der Waals surface area contributed by atoms with Crippen LogP contribution >= 0.6 is 0 Å². The zero-order chi connectivity index (χ0) is 15.3. The lowest BCUT2D eigenvalue weighted by atomic mass is 10.1. The molecule has 0 aromatic heterocycles. The Kier molecular flexibility index (Phi) is 5.55. The van der Waals surface area contributed by atoms with E-state index < -0.39 is 0 Å². The van der Waals surface area contributed by atoms with E-state index in [4.69, 9.17) is 0 Å². The summed E-state index contributed by atoms with van der Waals surface area (Å²) >= 11 is 0. The minimum Gasteiger partial charge on any atom is -0.508 e. The number of phenolic OH excluding ortho intramolecular Hbond substituents is 1. The smallest absolute Gasteiger partial charge is 0.254 e. The highest BCUT2D eigenvalue weighted by atomic mass is 16.3. The lowest BCUT2D eigenvalue weighted by Gasteiger charge is -2.23. The van der Waals surface area contributed by atoms with Crippen molar-refractivity contribution in [3.63, 3.8) is 0 Å². The van der Waals surface area contributed by atoms with Crippen molar-refractivity contribution >= 4 is 11.8 Å². The van der Waals surface area contributed by atoms with Crippen LogP contribution in [0.15, 0.2) is 18.2 Å². The van der Waals surface area contributed by atoms with Crippen LogP contribution in [0.3, 0.4) is 0 Å². The second-order valence-corrected chi connectivity index (χ2v) is 5.02. The molecule has 1 aromatic carbocycles. The largest absolute Gasteiger partial charge is 0.508 e. The van der Waals surface area contributed by atoms with Crippen LogP contribution in [0.4, 0.5) is 0 Å². The molecule has 0 atom stereocenters. The van der Waals surface area contributed by atoms with Crippen molar-refractivity contribution in [1.82, 2.24) is 9.80 Å². The molecule has 1 rings (SSSR count). The monoisotopic (exact) mass is 278 g/mol. The number of hydrogen-bond acceptors (Lipinski definition) is 3. The van der Waals surface area contributed by atoms with Gasteiger partial charge in [0.15, 0.2) is 0 Å². The molecule has 1 aromatic rings. The number of benzene rings is 1. The molecule has 0 saturated carbocycles. The van der Waals surface area contributed by atoms with Gasteiger partial charge in [-0.3, -0.25) is 9.59 Å². The maximum atomic E-state index is 12.4. The summed E-state index contributed by atoms with van der Waals surface area (Å²) in [5, 5.41) is 9.50. The molecule has 0 spiro atoms. The third-order valence-corrected chi connectivity index (χ3v) is 3.05. The van der Waals surface area contributed by atoms with Gasteiger partial charge in [-0.15, -0.1) is 0 Å². The van der Waals surface area contributed by atoms with E-state index in [9.17, 15) is 14.7 Å². The van der Waals surface area contributed by atoms with Gasteiger partial charge < -0.3 is 14.9 Å². The summed E-state index contributed by atoms with van der Waals surface area (Å²) in [7, 11) is 3.34. The van der Waals surface area contributed by atoms with Gasteiger partial charge in [-0.05, 0) is 37.1 Å². The molecule has 0 aliphatic heterocycles. The van der Waals surface area contributed by atoms with Gasteiger partial charge in [-0.2, -0.15) is 0 Å². The summed E-state index contributed by atoms with van der Waals surface area (Å²) in [6, 6.07) is 4.72. The number of rotatable bonds is 5. The summed E-state index contributed by atoms with van der Waals surface area (Å²) in [6.45, 7) is 4.29. The van der Waals surface area contributed by atoms with Crippen molar-refractivity contribution < 1.29 is 14.7 Å². The van der Waals surface area contributed by atoms with Crippen molar-refractivity contribution in [2.75, 3.05) is 27.2 Å². The number of carbonyl (C=O) groups is 2. The predicted molar refractivity (Wildman–Crippen MR) is 77.7 cm³/mol. The SMILES string of the molecule is CCCN(CC(=O)N(C)C)C(=O)c1ccc(O)c(C)c1. The van der Waals surface area contributed by atoms with Crippen LogP contribution in [0, 0.1) is 6.92 Å². The Labute approximate surface area is 119 Å². The Morgan fingerprint density at radius 3 is 2.40 bits per heavy atom. The Morgan fingerprint density at radius 2 is 1.90 bits per heavy atom. The highest BCUT2D eigenvalue weighted by Gasteiger charge is 2.19. The first-order valence-corrected chi connectivity index (χ1v) is 6.65. The number of amides is 2. The summed E-state index contributed by atoms with van der Waals surface area (Å²) in [5.74, 6) is -0.139. The molecule has 0 bridgehead atoms. The van der Waals surface area contributed by atoms with E-state index in [0.29, 0.717) is 17.7 Å². The topological polar surface area (TPSA) is 60.9 Å². The molecule has 0 radical (unpaired) electrons. The number of aromatic hydroxyl groups is 1. The van der Waals surface area contributed by atoms with Crippen molar-refractivity contribution in [3.05, 3.63) is 29.3 Å². The van der Waals surface area contributed by atoms with Crippen molar-refractivity contribution in [2.24, 2.45) is 0 Å². The Morgan fingerprint density at radius 1 is 1.25 bits per heavy atom. The van der Waals surface area contributed by atoms with Gasteiger partial charge in [0.05, 0.1) is 0 Å². The molecule has 110 valence electrons. The maximum absolute atomic E-state index is 12.4. The molecule has 0 fully saturated rings. The number of aryl methyl sites for hydroxylation is 1. The summed E-state index contributed by atoms with van der Waals surface area (Å²) in [4.78, 5) is 27.2. The fourth-order valence-corrected chi connectivity index (χ4v) is 1.80. The van der Waals surface area contributed by atoms with E-state index in [1.165, 1.54) is 15.9 Å². The standard InChI is InChI=1S/C15H22N2O3/c1-5-8-17(10-14(19)16(3)4)15(20)12-6-7-13(18)11(2)9-12/h6-7,9,18H,5,8,10H2,1-4H3. The first-order valence-electron chi connectivity index (χ1n) is 6.65. The van der Waals surface area contributed by atoms with Gasteiger partial charge in [0.2, 0.25) is 5.91 Å². The second kappa shape index (κ2) is 6.93. The lowest BCUT2D eigenvalue weighted by Crippen LogP contribution is -2.40. The van der Waals surface area contributed by atoms with Crippen LogP contribution in [-0.2, 0) is 4.79 Å².